The molecule has 0 atom stereocenters. The number of hydrogen-bond acceptors (Lipinski definition) is 6. The minimum Gasteiger partial charge on any atom is -0.321 e. The summed E-state index contributed by atoms with van der Waals surface area (Å²) in [6.07, 6.45) is 0. The molecule has 2 N–H and O–H groups in total. The number of H-pyrrole nitrogens is 1. The van der Waals surface area contributed by atoms with E-state index in [1.54, 1.807) is 24.3 Å². The Morgan fingerprint density at radius 1 is 1.36 bits per heavy atom. The number of hydrogen-bond donors (Lipinski definition) is 2. The van der Waals surface area contributed by atoms with Crippen LogP contribution in [0.3, 0.4) is 0 Å². The van der Waals surface area contributed by atoms with Gasteiger partial charge >= 0.3 is 0 Å². The summed E-state index contributed by atoms with van der Waals surface area (Å²) in [5.74, 6) is -0.476. The van der Waals surface area contributed by atoms with Crippen molar-refractivity contribution in [1.82, 2.24) is 24.6 Å². The number of nitrogens with one attached hydrogen (secondary N) is 2. The molecule has 0 aliphatic rings. The number of nitrogens with zero attached hydrogens (tertiary/aromatic N) is 4. The van der Waals surface area contributed by atoms with Crippen molar-refractivity contribution in [3.05, 3.63) is 45.3 Å². The third-order valence-electron chi connectivity index (χ3n) is 2.84. The molecule has 2 aromatic heterocycles. The van der Waals surface area contributed by atoms with Crippen LogP contribution in [-0.4, -0.2) is 30.5 Å². The number of halogens is 1. The van der Waals surface area contributed by atoms with Gasteiger partial charge in [-0.15, -0.1) is 5.10 Å². The Morgan fingerprint density at radius 3 is 2.73 bits per heavy atom. The van der Waals surface area contributed by atoms with Gasteiger partial charge in [0.15, 0.2) is 11.4 Å². The summed E-state index contributed by atoms with van der Waals surface area (Å²) in [6, 6.07) is 6.63. The molecule has 112 valence electrons. The molecule has 0 spiro atoms. The molecule has 0 saturated heterocycles. The summed E-state index contributed by atoms with van der Waals surface area (Å²) in [4.78, 5) is 24.5. The van der Waals surface area contributed by atoms with Crippen molar-refractivity contribution in [1.29, 1.82) is 0 Å². The highest BCUT2D eigenvalue weighted by Gasteiger charge is 2.22. The summed E-state index contributed by atoms with van der Waals surface area (Å²) in [5.41, 5.74) is 0.359. The monoisotopic (exact) mass is 336 g/mol. The molecule has 1 aromatic carbocycles. The summed E-state index contributed by atoms with van der Waals surface area (Å²) < 4.78 is 4.94. The zero-order valence-electron chi connectivity index (χ0n) is 11.2. The van der Waals surface area contributed by atoms with E-state index in [1.807, 2.05) is 0 Å². The molecule has 22 heavy (non-hydrogen) atoms. The molecule has 3 rings (SSSR count). The smallest absolute Gasteiger partial charge is 0.295 e. The predicted molar refractivity (Wildman–Crippen MR) is 82.1 cm³/mol. The van der Waals surface area contributed by atoms with Crippen LogP contribution >= 0.6 is 23.1 Å². The van der Waals surface area contributed by atoms with E-state index in [9.17, 15) is 9.59 Å². The molecule has 0 aliphatic carbocycles. The SMILES string of the molecule is Cn1[nH]nc(-c2snnc2C(=O)Nc2ccc(Cl)cc2)c1=O. The lowest BCUT2D eigenvalue weighted by Crippen LogP contribution is -2.16. The van der Waals surface area contributed by atoms with Gasteiger partial charge in [-0.2, -0.15) is 5.10 Å². The van der Waals surface area contributed by atoms with E-state index < -0.39 is 5.91 Å². The highest BCUT2D eigenvalue weighted by molar-refractivity contribution is 7.09. The predicted octanol–water partition coefficient (Wildman–Crippen LogP) is 1.53. The summed E-state index contributed by atoms with van der Waals surface area (Å²) in [6.45, 7) is 0. The van der Waals surface area contributed by atoms with Gasteiger partial charge in [0.2, 0.25) is 0 Å². The maximum atomic E-state index is 12.3. The molecule has 2 heterocycles. The summed E-state index contributed by atoms with van der Waals surface area (Å²) in [5, 5.41) is 13.4. The number of carbonyl (C=O) groups excluding carboxylic acids is 1. The molecule has 8 nitrogen and oxygen atoms in total. The van der Waals surface area contributed by atoms with Gasteiger partial charge in [0.25, 0.3) is 11.5 Å². The second-order valence-electron chi connectivity index (χ2n) is 4.34. The lowest BCUT2D eigenvalue weighted by Gasteiger charge is -2.03. The number of aryl methyl sites for hydroxylation is 1. The van der Waals surface area contributed by atoms with Crippen LogP contribution < -0.4 is 10.9 Å². The van der Waals surface area contributed by atoms with Crippen LogP contribution in [0.15, 0.2) is 29.1 Å². The van der Waals surface area contributed by atoms with E-state index >= 15 is 0 Å². The lowest BCUT2D eigenvalue weighted by molar-refractivity contribution is 0.102. The quantitative estimate of drug-likeness (QED) is 0.754. The molecule has 0 fully saturated rings. The third-order valence-corrected chi connectivity index (χ3v) is 3.82. The molecule has 0 unspecified atom stereocenters. The second kappa shape index (κ2) is 5.70. The van der Waals surface area contributed by atoms with E-state index in [0.717, 1.165) is 11.5 Å². The van der Waals surface area contributed by atoms with Crippen LogP contribution in [0.5, 0.6) is 0 Å². The van der Waals surface area contributed by atoms with Crippen LogP contribution in [0.25, 0.3) is 10.6 Å². The van der Waals surface area contributed by atoms with Gasteiger partial charge in [0.1, 0.15) is 4.88 Å². The number of aromatic nitrogens is 5. The van der Waals surface area contributed by atoms with Crippen molar-refractivity contribution < 1.29 is 4.79 Å². The average Bonchev–Trinajstić information content (AvgIpc) is 3.09. The largest absolute Gasteiger partial charge is 0.321 e. The van der Waals surface area contributed by atoms with Gasteiger partial charge in [-0.25, -0.2) is 9.90 Å². The zero-order valence-corrected chi connectivity index (χ0v) is 12.8. The van der Waals surface area contributed by atoms with E-state index in [-0.39, 0.29) is 16.9 Å². The Morgan fingerprint density at radius 2 is 2.09 bits per heavy atom. The zero-order chi connectivity index (χ0) is 15.7. The van der Waals surface area contributed by atoms with E-state index in [1.165, 1.54) is 11.7 Å². The lowest BCUT2D eigenvalue weighted by atomic mass is 10.2. The topological polar surface area (TPSA) is 106 Å². The summed E-state index contributed by atoms with van der Waals surface area (Å²) in [7, 11) is 1.53. The highest BCUT2D eigenvalue weighted by atomic mass is 35.5. The minimum atomic E-state index is -0.476. The van der Waals surface area contributed by atoms with E-state index in [2.05, 4.69) is 25.2 Å². The molecule has 0 radical (unpaired) electrons. The molecule has 0 saturated carbocycles. The third kappa shape index (κ3) is 2.63. The Labute approximate surface area is 132 Å². The maximum absolute atomic E-state index is 12.3. The number of benzene rings is 1. The van der Waals surface area contributed by atoms with Crippen LogP contribution in [0.1, 0.15) is 10.5 Å². The van der Waals surface area contributed by atoms with Gasteiger partial charge in [-0.3, -0.25) is 9.59 Å². The maximum Gasteiger partial charge on any atom is 0.295 e. The Kier molecular flexibility index (Phi) is 3.73. The normalized spacial score (nSPS) is 10.6. The van der Waals surface area contributed by atoms with Gasteiger partial charge in [0, 0.05) is 17.8 Å². The van der Waals surface area contributed by atoms with Crippen LogP contribution in [0.2, 0.25) is 5.02 Å². The fourth-order valence-corrected chi connectivity index (χ4v) is 2.51. The Bertz CT molecular complexity index is 882. The number of carbonyl (C=O) groups is 1. The Balaban J connectivity index is 1.91. The summed E-state index contributed by atoms with van der Waals surface area (Å²) >= 11 is 6.72. The van der Waals surface area contributed by atoms with E-state index in [0.29, 0.717) is 15.6 Å². The van der Waals surface area contributed by atoms with Gasteiger partial charge in [-0.05, 0) is 35.8 Å². The van der Waals surface area contributed by atoms with E-state index in [4.69, 9.17) is 11.6 Å². The fourth-order valence-electron chi connectivity index (χ4n) is 1.74. The fraction of sp³-hybridized carbons (Fsp3) is 0.0833. The molecular formula is C12H9ClN6O2S. The first-order chi connectivity index (χ1) is 10.6. The van der Waals surface area contributed by atoms with Crippen LogP contribution in [0.4, 0.5) is 5.69 Å². The molecular weight excluding hydrogens is 328 g/mol. The van der Waals surface area contributed by atoms with Crippen molar-refractivity contribution in [2.45, 2.75) is 0 Å². The highest BCUT2D eigenvalue weighted by Crippen LogP contribution is 2.22. The first kappa shape index (κ1) is 14.4. The van der Waals surface area contributed by atoms with Crippen molar-refractivity contribution >= 4 is 34.7 Å². The average molecular weight is 337 g/mol. The van der Waals surface area contributed by atoms with Crippen LogP contribution in [-0.2, 0) is 7.05 Å². The van der Waals surface area contributed by atoms with Crippen molar-refractivity contribution in [3.8, 4) is 10.6 Å². The molecule has 1 amide bonds. The second-order valence-corrected chi connectivity index (χ2v) is 5.53. The van der Waals surface area contributed by atoms with Gasteiger partial charge in [0.05, 0.1) is 0 Å². The minimum absolute atomic E-state index is 0.0455. The van der Waals surface area contributed by atoms with Gasteiger partial charge in [-0.1, -0.05) is 16.1 Å². The molecule has 10 heteroatoms. The number of amides is 1. The molecule has 3 aromatic rings. The first-order valence-corrected chi connectivity index (χ1v) is 7.22. The number of aromatic amines is 1. The number of rotatable bonds is 3. The standard InChI is InChI=1S/C12H9ClN6O2S/c1-19-12(21)9(15-17-19)10-8(16-18-22-10)11(20)14-7-4-2-6(13)3-5-7/h2-5,17H,1H3,(H,14,20). The van der Waals surface area contributed by atoms with Crippen molar-refractivity contribution in [3.63, 3.8) is 0 Å². The van der Waals surface area contributed by atoms with Gasteiger partial charge < -0.3 is 5.32 Å². The Hall–Kier alpha value is -2.52. The molecule has 0 bridgehead atoms. The van der Waals surface area contributed by atoms with Crippen LogP contribution in [0, 0.1) is 0 Å². The number of anilines is 1. The first-order valence-electron chi connectivity index (χ1n) is 6.07. The molecule has 0 aliphatic heterocycles. The van der Waals surface area contributed by atoms with Crippen molar-refractivity contribution in [2.75, 3.05) is 5.32 Å². The van der Waals surface area contributed by atoms with Crippen molar-refractivity contribution in [2.24, 2.45) is 7.05 Å².